The molecule has 212 valence electrons. The second-order valence-corrected chi connectivity index (χ2v) is 11.0. The van der Waals surface area contributed by atoms with Gasteiger partial charge in [-0.15, -0.1) is 0 Å². The summed E-state index contributed by atoms with van der Waals surface area (Å²) in [6.45, 7) is 13.4. The van der Waals surface area contributed by atoms with Crippen LogP contribution >= 0.6 is 7.37 Å². The molecule has 0 heterocycles. The molecule has 0 aliphatic rings. The van der Waals surface area contributed by atoms with E-state index in [0.29, 0.717) is 61.9 Å². The number of carbonyl (C=O) groups excluding carboxylic acids is 2. The van der Waals surface area contributed by atoms with Gasteiger partial charge >= 0.3 is 7.37 Å². The third-order valence-electron chi connectivity index (χ3n) is 5.55. The molecule has 0 saturated carbocycles. The average Bonchev–Trinajstić information content (AvgIpc) is 2.82. The van der Waals surface area contributed by atoms with Crippen LogP contribution in [0, 0.1) is 41.5 Å². The molecule has 0 radical (unpaired) electrons. The molecule has 38 heavy (non-hydrogen) atoms. The van der Waals surface area contributed by atoms with Gasteiger partial charge in [0.1, 0.15) is 0 Å². The van der Waals surface area contributed by atoms with Crippen molar-refractivity contribution in [2.24, 2.45) is 0 Å². The van der Waals surface area contributed by atoms with Crippen LogP contribution in [-0.4, -0.2) is 79.0 Å². The molecule has 2 aromatic rings. The third-order valence-corrected chi connectivity index (χ3v) is 7.10. The zero-order valence-corrected chi connectivity index (χ0v) is 24.1. The van der Waals surface area contributed by atoms with Crippen molar-refractivity contribution in [3.05, 3.63) is 68.8 Å². The number of rotatable bonds is 14. The lowest BCUT2D eigenvalue weighted by Crippen LogP contribution is -2.15. The summed E-state index contributed by atoms with van der Waals surface area (Å²) in [4.78, 5) is 36.0. The maximum atomic E-state index is 12.8. The van der Waals surface area contributed by atoms with Gasteiger partial charge in [-0.3, -0.25) is 14.2 Å². The molecule has 9 nitrogen and oxygen atoms in total. The summed E-state index contributed by atoms with van der Waals surface area (Å²) in [5, 5.41) is 16.7. The van der Waals surface area contributed by atoms with Gasteiger partial charge in [-0.1, -0.05) is 35.4 Å². The molecule has 0 aromatic heterocycles. The van der Waals surface area contributed by atoms with Crippen LogP contribution in [0.25, 0.3) is 0 Å². The van der Waals surface area contributed by atoms with Gasteiger partial charge in [0.15, 0.2) is 0 Å². The Balaban J connectivity index is 0.000000471. The minimum atomic E-state index is -4.73. The zero-order chi connectivity index (χ0) is 28.9. The molecule has 0 saturated heterocycles. The molecule has 0 amide bonds. The fourth-order valence-corrected chi connectivity index (χ4v) is 5.60. The van der Waals surface area contributed by atoms with Gasteiger partial charge in [0, 0.05) is 11.1 Å². The van der Waals surface area contributed by atoms with Crippen molar-refractivity contribution in [3.63, 3.8) is 0 Å². The maximum Gasteiger partial charge on any atom is 0.337 e. The van der Waals surface area contributed by atoms with Crippen molar-refractivity contribution in [3.8, 4) is 0 Å². The van der Waals surface area contributed by atoms with Crippen LogP contribution in [0.5, 0.6) is 0 Å². The van der Waals surface area contributed by atoms with E-state index in [1.165, 1.54) is 0 Å². The molecular formula is C28H41O9P. The molecule has 0 aliphatic carbocycles. The second-order valence-electron chi connectivity index (χ2n) is 9.02. The van der Waals surface area contributed by atoms with Crippen molar-refractivity contribution in [1.29, 1.82) is 0 Å². The zero-order valence-electron chi connectivity index (χ0n) is 23.2. The Morgan fingerprint density at radius 2 is 0.868 bits per heavy atom. The minimum Gasteiger partial charge on any atom is -0.394 e. The van der Waals surface area contributed by atoms with Gasteiger partial charge in [0.2, 0.25) is 0 Å². The predicted octanol–water partition coefficient (Wildman–Crippen LogP) is 3.81. The number of aryl methyl sites for hydroxylation is 6. The van der Waals surface area contributed by atoms with E-state index < -0.39 is 18.4 Å². The topological polar surface area (TPSA) is 140 Å². The first-order valence-corrected chi connectivity index (χ1v) is 14.1. The summed E-state index contributed by atoms with van der Waals surface area (Å²) in [5.41, 5.74) is 2.64. The van der Waals surface area contributed by atoms with Gasteiger partial charge in [-0.2, -0.15) is 0 Å². The summed E-state index contributed by atoms with van der Waals surface area (Å²) >= 11 is 0. The fourth-order valence-electron chi connectivity index (χ4n) is 4.10. The monoisotopic (exact) mass is 552 g/mol. The van der Waals surface area contributed by atoms with Crippen molar-refractivity contribution in [1.82, 2.24) is 0 Å². The lowest BCUT2D eigenvalue weighted by Gasteiger charge is -2.16. The summed E-state index contributed by atoms with van der Waals surface area (Å²) in [5.74, 6) is 0. The van der Waals surface area contributed by atoms with E-state index in [2.05, 4.69) is 0 Å². The van der Waals surface area contributed by atoms with Crippen molar-refractivity contribution in [2.45, 2.75) is 41.5 Å². The van der Waals surface area contributed by atoms with Crippen LogP contribution < -0.4 is 0 Å². The summed E-state index contributed by atoms with van der Waals surface area (Å²) < 4.78 is 27.9. The summed E-state index contributed by atoms with van der Waals surface area (Å²) in [6, 6.07) is 7.08. The van der Waals surface area contributed by atoms with Gasteiger partial charge in [-0.05, 0) is 63.8 Å². The largest absolute Gasteiger partial charge is 0.394 e. The first-order chi connectivity index (χ1) is 17.9. The first kappa shape index (κ1) is 33.8. The van der Waals surface area contributed by atoms with E-state index >= 15 is 0 Å². The van der Waals surface area contributed by atoms with Crippen molar-refractivity contribution in [2.75, 3.05) is 52.9 Å². The molecule has 0 bridgehead atoms. The fraction of sp³-hybridized carbons (Fsp3) is 0.500. The van der Waals surface area contributed by atoms with Crippen LogP contribution in [-0.2, 0) is 18.8 Å². The number of aliphatic hydroxyl groups excluding tert-OH is 2. The summed E-state index contributed by atoms with van der Waals surface area (Å²) in [6.07, 6.45) is 0. The van der Waals surface area contributed by atoms with Crippen LogP contribution in [0.4, 0.5) is 0 Å². The van der Waals surface area contributed by atoms with E-state index in [1.807, 2.05) is 13.8 Å². The average molecular weight is 553 g/mol. The highest BCUT2D eigenvalue weighted by atomic mass is 31.2. The van der Waals surface area contributed by atoms with Gasteiger partial charge in [0.05, 0.1) is 52.9 Å². The Hall–Kier alpha value is -2.23. The highest BCUT2D eigenvalue weighted by Crippen LogP contribution is 2.49. The molecule has 0 atom stereocenters. The number of hydrogen-bond acceptors (Lipinski definition) is 8. The standard InChI is InChI=1S/C20H23O4P.C8H18O5/c1-11-7-13(3)17(14(4)8-11)19(21)25(23,24)20(22)18-15(5)9-12(2)10-16(18)6;9-1-3-11-5-7-13-8-6-12-4-2-10/h7-10H,1-6H3,(H,23,24);9-10H,1-8H2. The highest BCUT2D eigenvalue weighted by molar-refractivity contribution is 7.91. The Labute approximate surface area is 225 Å². The molecule has 0 spiro atoms. The van der Waals surface area contributed by atoms with Crippen molar-refractivity contribution < 1.29 is 43.5 Å². The summed E-state index contributed by atoms with van der Waals surface area (Å²) in [7, 11) is -4.73. The second kappa shape index (κ2) is 16.7. The third kappa shape index (κ3) is 10.2. The van der Waals surface area contributed by atoms with E-state index in [-0.39, 0.29) is 24.3 Å². The smallest absolute Gasteiger partial charge is 0.337 e. The number of ether oxygens (including phenoxy) is 3. The number of benzene rings is 2. The van der Waals surface area contributed by atoms with Crippen LogP contribution in [0.1, 0.15) is 54.1 Å². The van der Waals surface area contributed by atoms with E-state index in [1.54, 1.807) is 52.0 Å². The quantitative estimate of drug-likeness (QED) is 0.236. The Morgan fingerprint density at radius 1 is 0.605 bits per heavy atom. The SMILES string of the molecule is Cc1cc(C)c(C(=O)P(=O)(O)C(=O)c2c(C)cc(C)cc2C)c(C)c1.OCCOCCOCCOCCO. The Bertz CT molecular complexity index is 998. The Kier molecular flexibility index (Phi) is 14.8. The maximum absolute atomic E-state index is 12.8. The lowest BCUT2D eigenvalue weighted by atomic mass is 10.0. The molecule has 3 N–H and O–H groups in total. The van der Waals surface area contributed by atoms with E-state index in [0.717, 1.165) is 11.1 Å². The van der Waals surface area contributed by atoms with Gasteiger partial charge < -0.3 is 29.3 Å². The van der Waals surface area contributed by atoms with Crippen molar-refractivity contribution >= 4 is 18.4 Å². The first-order valence-electron chi connectivity index (χ1n) is 12.4. The molecular weight excluding hydrogens is 511 g/mol. The van der Waals surface area contributed by atoms with Gasteiger partial charge in [0.25, 0.3) is 11.0 Å². The highest BCUT2D eigenvalue weighted by Gasteiger charge is 2.41. The normalized spacial score (nSPS) is 11.2. The van der Waals surface area contributed by atoms with E-state index in [4.69, 9.17) is 24.4 Å². The van der Waals surface area contributed by atoms with Gasteiger partial charge in [-0.25, -0.2) is 0 Å². The van der Waals surface area contributed by atoms with Crippen LogP contribution in [0.2, 0.25) is 0 Å². The molecule has 10 heteroatoms. The number of aliphatic hydroxyl groups is 2. The van der Waals surface area contributed by atoms with Crippen LogP contribution in [0.15, 0.2) is 24.3 Å². The molecule has 0 aliphatic heterocycles. The minimum absolute atomic E-state index is 0.0413. The molecule has 2 aromatic carbocycles. The Morgan fingerprint density at radius 3 is 1.13 bits per heavy atom. The van der Waals surface area contributed by atoms with E-state index in [9.17, 15) is 19.0 Å². The van der Waals surface area contributed by atoms with Crippen LogP contribution in [0.3, 0.4) is 0 Å². The molecule has 0 unspecified atom stereocenters. The number of hydrogen-bond donors (Lipinski definition) is 3. The number of carbonyl (C=O) groups is 2. The predicted molar refractivity (Wildman–Crippen MR) is 146 cm³/mol. The molecule has 0 fully saturated rings. The molecule has 2 rings (SSSR count). The lowest BCUT2D eigenvalue weighted by molar-refractivity contribution is 0.00230.